The molecule has 108 valence electrons. The first-order chi connectivity index (χ1) is 10.7. The van der Waals surface area contributed by atoms with Gasteiger partial charge in [0.25, 0.3) is 0 Å². The summed E-state index contributed by atoms with van der Waals surface area (Å²) < 4.78 is 13.6. The minimum atomic E-state index is -0.250. The quantitative estimate of drug-likeness (QED) is 0.585. The summed E-state index contributed by atoms with van der Waals surface area (Å²) in [6.45, 7) is 1.74. The van der Waals surface area contributed by atoms with Crippen molar-refractivity contribution in [3.05, 3.63) is 59.9 Å². The molecule has 0 aliphatic heterocycles. The van der Waals surface area contributed by atoms with Gasteiger partial charge in [0, 0.05) is 11.6 Å². The molecule has 5 heteroatoms. The lowest BCUT2D eigenvalue weighted by atomic mass is 10.1. The summed E-state index contributed by atoms with van der Waals surface area (Å²) in [6, 6.07) is 15.0. The number of H-pyrrole nitrogens is 2. The predicted octanol–water partition coefficient (Wildman–Crippen LogP) is 4.07. The normalized spacial score (nSPS) is 11.2. The van der Waals surface area contributed by atoms with E-state index in [-0.39, 0.29) is 5.82 Å². The monoisotopic (exact) mass is 292 g/mol. The highest BCUT2D eigenvalue weighted by Crippen LogP contribution is 2.25. The van der Waals surface area contributed by atoms with E-state index in [9.17, 15) is 4.39 Å². The van der Waals surface area contributed by atoms with Crippen molar-refractivity contribution in [3.8, 4) is 22.8 Å². The number of fused-ring (bicyclic) bond motifs is 1. The fourth-order valence-electron chi connectivity index (χ4n) is 2.47. The topological polar surface area (TPSA) is 57.4 Å². The molecule has 4 aromatic rings. The van der Waals surface area contributed by atoms with Crippen LogP contribution in [0.5, 0.6) is 0 Å². The standard InChI is InChI=1S/C17H13FN4/c1-10-7-14-15(8-12(10)18)20-17(19-14)16-9-13(21-22-16)11-5-3-2-4-6-11/h2-9H,1H3,(H,19,20)(H,21,22). The van der Waals surface area contributed by atoms with Gasteiger partial charge in [-0.3, -0.25) is 5.10 Å². The molecule has 22 heavy (non-hydrogen) atoms. The van der Waals surface area contributed by atoms with Gasteiger partial charge in [-0.1, -0.05) is 30.3 Å². The van der Waals surface area contributed by atoms with Crippen LogP contribution < -0.4 is 0 Å². The van der Waals surface area contributed by atoms with Gasteiger partial charge in [-0.05, 0) is 24.6 Å². The lowest BCUT2D eigenvalue weighted by Gasteiger charge is -1.93. The molecule has 0 bridgehead atoms. The van der Waals surface area contributed by atoms with Gasteiger partial charge in [0.1, 0.15) is 11.5 Å². The molecule has 4 rings (SSSR count). The SMILES string of the molecule is Cc1cc2[nH]c(-c3cc(-c4ccccc4)n[nH]3)nc2cc1F. The molecule has 0 saturated carbocycles. The number of hydrogen-bond acceptors (Lipinski definition) is 2. The van der Waals surface area contributed by atoms with Gasteiger partial charge in [0.05, 0.1) is 16.7 Å². The Morgan fingerprint density at radius 3 is 2.68 bits per heavy atom. The molecule has 0 spiro atoms. The Morgan fingerprint density at radius 2 is 1.86 bits per heavy atom. The molecule has 0 saturated heterocycles. The zero-order chi connectivity index (χ0) is 15.1. The van der Waals surface area contributed by atoms with Crippen molar-refractivity contribution in [2.45, 2.75) is 6.92 Å². The fraction of sp³-hybridized carbons (Fsp3) is 0.0588. The molecule has 0 aliphatic rings. The first-order valence-corrected chi connectivity index (χ1v) is 6.98. The van der Waals surface area contributed by atoms with Gasteiger partial charge >= 0.3 is 0 Å². The van der Waals surface area contributed by atoms with Crippen molar-refractivity contribution < 1.29 is 4.39 Å². The molecule has 2 aromatic carbocycles. The summed E-state index contributed by atoms with van der Waals surface area (Å²) in [6.07, 6.45) is 0. The fourth-order valence-corrected chi connectivity index (χ4v) is 2.47. The van der Waals surface area contributed by atoms with Crippen LogP contribution in [0, 0.1) is 12.7 Å². The number of nitrogens with one attached hydrogen (secondary N) is 2. The Morgan fingerprint density at radius 1 is 1.05 bits per heavy atom. The first kappa shape index (κ1) is 12.8. The molecule has 0 fully saturated rings. The van der Waals surface area contributed by atoms with E-state index in [4.69, 9.17) is 0 Å². The van der Waals surface area contributed by atoms with Gasteiger partial charge in [-0.15, -0.1) is 0 Å². The zero-order valence-electron chi connectivity index (χ0n) is 11.9. The zero-order valence-corrected chi connectivity index (χ0v) is 11.9. The molecule has 0 radical (unpaired) electrons. The van der Waals surface area contributed by atoms with Crippen molar-refractivity contribution in [2.75, 3.05) is 0 Å². The third kappa shape index (κ3) is 2.07. The maximum absolute atomic E-state index is 13.6. The second-order valence-electron chi connectivity index (χ2n) is 5.24. The van der Waals surface area contributed by atoms with E-state index in [1.54, 1.807) is 13.0 Å². The van der Waals surface area contributed by atoms with Crippen LogP contribution in [-0.2, 0) is 0 Å². The summed E-state index contributed by atoms with van der Waals surface area (Å²) >= 11 is 0. The lowest BCUT2D eigenvalue weighted by molar-refractivity contribution is 0.620. The second-order valence-corrected chi connectivity index (χ2v) is 5.24. The molecular weight excluding hydrogens is 279 g/mol. The number of benzene rings is 2. The van der Waals surface area contributed by atoms with Crippen LogP contribution in [-0.4, -0.2) is 20.2 Å². The molecular formula is C17H13FN4. The van der Waals surface area contributed by atoms with Crippen molar-refractivity contribution in [3.63, 3.8) is 0 Å². The molecule has 0 atom stereocenters. The van der Waals surface area contributed by atoms with E-state index in [1.807, 2.05) is 36.4 Å². The van der Waals surface area contributed by atoms with Crippen LogP contribution in [0.2, 0.25) is 0 Å². The minimum Gasteiger partial charge on any atom is -0.337 e. The molecule has 0 aliphatic carbocycles. The van der Waals surface area contributed by atoms with E-state index in [0.29, 0.717) is 16.9 Å². The highest BCUT2D eigenvalue weighted by molar-refractivity contribution is 5.80. The number of hydrogen-bond donors (Lipinski definition) is 2. The third-order valence-corrected chi connectivity index (χ3v) is 3.66. The highest BCUT2D eigenvalue weighted by atomic mass is 19.1. The highest BCUT2D eigenvalue weighted by Gasteiger charge is 2.11. The summed E-state index contributed by atoms with van der Waals surface area (Å²) in [5, 5.41) is 7.28. The van der Waals surface area contributed by atoms with E-state index in [2.05, 4.69) is 20.2 Å². The third-order valence-electron chi connectivity index (χ3n) is 3.66. The maximum atomic E-state index is 13.6. The van der Waals surface area contributed by atoms with Crippen LogP contribution in [0.3, 0.4) is 0 Å². The predicted molar refractivity (Wildman–Crippen MR) is 83.8 cm³/mol. The lowest BCUT2D eigenvalue weighted by Crippen LogP contribution is -1.81. The Kier molecular flexibility index (Phi) is 2.79. The smallest absolute Gasteiger partial charge is 0.156 e. The average molecular weight is 292 g/mol. The van der Waals surface area contributed by atoms with E-state index in [1.165, 1.54) is 6.07 Å². The number of aryl methyl sites for hydroxylation is 1. The maximum Gasteiger partial charge on any atom is 0.156 e. The van der Waals surface area contributed by atoms with Gasteiger partial charge < -0.3 is 4.98 Å². The number of imidazole rings is 1. The van der Waals surface area contributed by atoms with Crippen molar-refractivity contribution in [1.82, 2.24) is 20.2 Å². The molecule has 2 N–H and O–H groups in total. The Labute approximate surface area is 126 Å². The first-order valence-electron chi connectivity index (χ1n) is 6.98. The number of nitrogens with zero attached hydrogens (tertiary/aromatic N) is 2. The number of rotatable bonds is 2. The van der Waals surface area contributed by atoms with Gasteiger partial charge in [0.2, 0.25) is 0 Å². The number of aromatic nitrogens is 4. The Balaban J connectivity index is 1.78. The Hall–Kier alpha value is -2.95. The largest absolute Gasteiger partial charge is 0.337 e. The average Bonchev–Trinajstić information content (AvgIpc) is 3.15. The van der Waals surface area contributed by atoms with Crippen molar-refractivity contribution >= 4 is 11.0 Å². The van der Waals surface area contributed by atoms with Crippen LogP contribution in [0.15, 0.2) is 48.5 Å². The number of halogens is 1. The second kappa shape index (κ2) is 4.80. The van der Waals surface area contributed by atoms with Crippen LogP contribution >= 0.6 is 0 Å². The van der Waals surface area contributed by atoms with E-state index >= 15 is 0 Å². The molecule has 2 aromatic heterocycles. The van der Waals surface area contributed by atoms with E-state index < -0.39 is 0 Å². The summed E-state index contributed by atoms with van der Waals surface area (Å²) in [5.41, 5.74) is 4.66. The van der Waals surface area contributed by atoms with Gasteiger partial charge in [-0.2, -0.15) is 5.10 Å². The Bertz CT molecular complexity index is 914. The molecule has 2 heterocycles. The van der Waals surface area contributed by atoms with Gasteiger partial charge in [0.15, 0.2) is 5.82 Å². The molecule has 0 unspecified atom stereocenters. The van der Waals surface area contributed by atoms with Crippen LogP contribution in [0.1, 0.15) is 5.56 Å². The molecule has 4 nitrogen and oxygen atoms in total. The van der Waals surface area contributed by atoms with Crippen LogP contribution in [0.4, 0.5) is 4.39 Å². The number of aromatic amines is 2. The van der Waals surface area contributed by atoms with Gasteiger partial charge in [-0.25, -0.2) is 9.37 Å². The van der Waals surface area contributed by atoms with Crippen LogP contribution in [0.25, 0.3) is 33.8 Å². The summed E-state index contributed by atoms with van der Waals surface area (Å²) in [5.74, 6) is 0.398. The van der Waals surface area contributed by atoms with Crippen molar-refractivity contribution in [1.29, 1.82) is 0 Å². The van der Waals surface area contributed by atoms with Crippen molar-refractivity contribution in [2.24, 2.45) is 0 Å². The van der Waals surface area contributed by atoms with E-state index in [0.717, 1.165) is 22.5 Å². The minimum absolute atomic E-state index is 0.250. The molecule has 0 amide bonds. The summed E-state index contributed by atoms with van der Waals surface area (Å²) in [4.78, 5) is 7.62. The summed E-state index contributed by atoms with van der Waals surface area (Å²) in [7, 11) is 0.